The second-order valence-electron chi connectivity index (χ2n) is 3.84. The Bertz CT molecular complexity index is 157. The first-order valence-electron chi connectivity index (χ1n) is 4.94. The van der Waals surface area contributed by atoms with Gasteiger partial charge in [-0.05, 0) is 12.3 Å². The Kier molecular flexibility index (Phi) is 5.71. The minimum atomic E-state index is -0.414. The molecule has 0 heterocycles. The molecule has 0 aromatic heterocycles. The summed E-state index contributed by atoms with van der Waals surface area (Å²) < 4.78 is 0. The third-order valence-corrected chi connectivity index (χ3v) is 2.40. The SMILES string of the molecule is CCC(O)CNC(=O)C(C)C(C)C. The van der Waals surface area contributed by atoms with E-state index in [4.69, 9.17) is 0 Å². The molecule has 2 atom stereocenters. The predicted octanol–water partition coefficient (Wildman–Crippen LogP) is 1.17. The normalized spacial score (nSPS) is 15.5. The number of hydrogen-bond acceptors (Lipinski definition) is 2. The van der Waals surface area contributed by atoms with Gasteiger partial charge in [0.25, 0.3) is 0 Å². The number of amides is 1. The second-order valence-corrected chi connectivity index (χ2v) is 3.84. The predicted molar refractivity (Wildman–Crippen MR) is 53.3 cm³/mol. The first-order valence-corrected chi connectivity index (χ1v) is 4.94. The lowest BCUT2D eigenvalue weighted by atomic mass is 9.97. The molecule has 0 fully saturated rings. The molecule has 3 nitrogen and oxygen atoms in total. The second kappa shape index (κ2) is 5.97. The fourth-order valence-corrected chi connectivity index (χ4v) is 0.826. The van der Waals surface area contributed by atoms with Gasteiger partial charge in [0.2, 0.25) is 5.91 Å². The Hall–Kier alpha value is -0.570. The summed E-state index contributed by atoms with van der Waals surface area (Å²) in [5.74, 6) is 0.394. The molecule has 0 rings (SSSR count). The van der Waals surface area contributed by atoms with Crippen LogP contribution in [-0.4, -0.2) is 23.7 Å². The van der Waals surface area contributed by atoms with Gasteiger partial charge in [0, 0.05) is 12.5 Å². The number of aliphatic hydroxyl groups is 1. The van der Waals surface area contributed by atoms with E-state index in [0.717, 1.165) is 0 Å². The largest absolute Gasteiger partial charge is 0.391 e. The van der Waals surface area contributed by atoms with E-state index in [-0.39, 0.29) is 11.8 Å². The molecule has 13 heavy (non-hydrogen) atoms. The zero-order chi connectivity index (χ0) is 10.4. The van der Waals surface area contributed by atoms with Crippen LogP contribution in [0.25, 0.3) is 0 Å². The van der Waals surface area contributed by atoms with Crippen molar-refractivity contribution < 1.29 is 9.90 Å². The van der Waals surface area contributed by atoms with Gasteiger partial charge in [-0.1, -0.05) is 27.7 Å². The van der Waals surface area contributed by atoms with Crippen molar-refractivity contribution in [1.82, 2.24) is 5.32 Å². The first-order chi connectivity index (χ1) is 5.99. The number of hydrogen-bond donors (Lipinski definition) is 2. The minimum absolute atomic E-state index is 0.0176. The van der Waals surface area contributed by atoms with E-state index < -0.39 is 6.10 Å². The third-order valence-electron chi connectivity index (χ3n) is 2.40. The molecule has 0 saturated carbocycles. The van der Waals surface area contributed by atoms with E-state index >= 15 is 0 Å². The zero-order valence-corrected chi connectivity index (χ0v) is 9.00. The molecule has 0 aliphatic rings. The van der Waals surface area contributed by atoms with Gasteiger partial charge < -0.3 is 10.4 Å². The van der Waals surface area contributed by atoms with Crippen molar-refractivity contribution in [3.63, 3.8) is 0 Å². The van der Waals surface area contributed by atoms with Crippen molar-refractivity contribution in [3.8, 4) is 0 Å². The third kappa shape index (κ3) is 4.88. The number of rotatable bonds is 5. The molecule has 2 N–H and O–H groups in total. The number of aliphatic hydroxyl groups excluding tert-OH is 1. The lowest BCUT2D eigenvalue weighted by Crippen LogP contribution is -2.36. The summed E-state index contributed by atoms with van der Waals surface area (Å²) in [4.78, 5) is 11.4. The van der Waals surface area contributed by atoms with Gasteiger partial charge >= 0.3 is 0 Å². The van der Waals surface area contributed by atoms with Crippen LogP contribution in [0, 0.1) is 11.8 Å². The lowest BCUT2D eigenvalue weighted by molar-refractivity contribution is -0.126. The van der Waals surface area contributed by atoms with Crippen LogP contribution in [0.4, 0.5) is 0 Å². The Morgan fingerprint density at radius 1 is 1.38 bits per heavy atom. The van der Waals surface area contributed by atoms with E-state index in [1.54, 1.807) is 0 Å². The van der Waals surface area contributed by atoms with E-state index in [1.165, 1.54) is 0 Å². The van der Waals surface area contributed by atoms with Gasteiger partial charge in [0.15, 0.2) is 0 Å². The molecule has 0 bridgehead atoms. The van der Waals surface area contributed by atoms with Gasteiger partial charge in [-0.25, -0.2) is 0 Å². The molecule has 78 valence electrons. The van der Waals surface area contributed by atoms with Gasteiger partial charge in [-0.2, -0.15) is 0 Å². The molecule has 0 aliphatic carbocycles. The van der Waals surface area contributed by atoms with Crippen molar-refractivity contribution in [3.05, 3.63) is 0 Å². The van der Waals surface area contributed by atoms with E-state index in [0.29, 0.717) is 18.9 Å². The molecular formula is C10H21NO2. The molecule has 3 heteroatoms. The lowest BCUT2D eigenvalue weighted by Gasteiger charge is -2.16. The Balaban J connectivity index is 3.74. The van der Waals surface area contributed by atoms with Crippen molar-refractivity contribution in [2.75, 3.05) is 6.54 Å². The topological polar surface area (TPSA) is 49.3 Å². The van der Waals surface area contributed by atoms with Crippen LogP contribution in [0.5, 0.6) is 0 Å². The summed E-state index contributed by atoms with van der Waals surface area (Å²) >= 11 is 0. The summed E-state index contributed by atoms with van der Waals surface area (Å²) in [5, 5.41) is 11.9. The van der Waals surface area contributed by atoms with Crippen LogP contribution in [0.15, 0.2) is 0 Å². The Morgan fingerprint density at radius 2 is 1.92 bits per heavy atom. The smallest absolute Gasteiger partial charge is 0.223 e. The summed E-state index contributed by atoms with van der Waals surface area (Å²) in [6, 6.07) is 0. The van der Waals surface area contributed by atoms with Gasteiger partial charge in [-0.3, -0.25) is 4.79 Å². The fraction of sp³-hybridized carbons (Fsp3) is 0.900. The summed E-state index contributed by atoms with van der Waals surface area (Å²) in [7, 11) is 0. The number of carbonyl (C=O) groups is 1. The molecule has 2 unspecified atom stereocenters. The highest BCUT2D eigenvalue weighted by Gasteiger charge is 2.16. The maximum atomic E-state index is 11.4. The average Bonchev–Trinajstić information content (AvgIpc) is 2.11. The highest BCUT2D eigenvalue weighted by Crippen LogP contribution is 2.08. The van der Waals surface area contributed by atoms with Crippen LogP contribution in [-0.2, 0) is 4.79 Å². The first kappa shape index (κ1) is 12.4. The molecule has 0 aliphatic heterocycles. The van der Waals surface area contributed by atoms with Crippen molar-refractivity contribution in [2.45, 2.75) is 40.2 Å². The van der Waals surface area contributed by atoms with Crippen molar-refractivity contribution in [2.24, 2.45) is 11.8 Å². The summed E-state index contributed by atoms with van der Waals surface area (Å²) in [6.07, 6.45) is 0.263. The standard InChI is InChI=1S/C10H21NO2/c1-5-9(12)6-11-10(13)8(4)7(2)3/h7-9,12H,5-6H2,1-4H3,(H,11,13). The molecule has 0 aromatic carbocycles. The summed E-state index contributed by atoms with van der Waals surface area (Å²) in [5.41, 5.74) is 0. The van der Waals surface area contributed by atoms with Crippen molar-refractivity contribution >= 4 is 5.91 Å². The number of nitrogens with one attached hydrogen (secondary N) is 1. The van der Waals surface area contributed by atoms with Crippen LogP contribution in [0.3, 0.4) is 0 Å². The highest BCUT2D eigenvalue weighted by molar-refractivity contribution is 5.78. The van der Waals surface area contributed by atoms with Gasteiger partial charge in [0.1, 0.15) is 0 Å². The zero-order valence-electron chi connectivity index (χ0n) is 9.00. The maximum Gasteiger partial charge on any atom is 0.223 e. The quantitative estimate of drug-likeness (QED) is 0.678. The molecule has 0 spiro atoms. The van der Waals surface area contributed by atoms with Gasteiger partial charge in [-0.15, -0.1) is 0 Å². The highest BCUT2D eigenvalue weighted by atomic mass is 16.3. The van der Waals surface area contributed by atoms with Crippen LogP contribution >= 0.6 is 0 Å². The molecule has 0 aromatic rings. The van der Waals surface area contributed by atoms with E-state index in [1.807, 2.05) is 27.7 Å². The minimum Gasteiger partial charge on any atom is -0.391 e. The van der Waals surface area contributed by atoms with Gasteiger partial charge in [0.05, 0.1) is 6.10 Å². The molecule has 0 saturated heterocycles. The molecule has 0 radical (unpaired) electrons. The maximum absolute atomic E-state index is 11.4. The molecule has 1 amide bonds. The van der Waals surface area contributed by atoms with E-state index in [2.05, 4.69) is 5.32 Å². The fourth-order valence-electron chi connectivity index (χ4n) is 0.826. The number of carbonyl (C=O) groups excluding carboxylic acids is 1. The van der Waals surface area contributed by atoms with E-state index in [9.17, 15) is 9.90 Å². The summed E-state index contributed by atoms with van der Waals surface area (Å²) in [6.45, 7) is 8.19. The average molecular weight is 187 g/mol. The van der Waals surface area contributed by atoms with Crippen LogP contribution < -0.4 is 5.32 Å². The Morgan fingerprint density at radius 3 is 2.31 bits per heavy atom. The van der Waals surface area contributed by atoms with Crippen molar-refractivity contribution in [1.29, 1.82) is 0 Å². The molecular weight excluding hydrogens is 166 g/mol. The Labute approximate surface area is 80.5 Å². The van der Waals surface area contributed by atoms with Crippen LogP contribution in [0.2, 0.25) is 0 Å². The monoisotopic (exact) mass is 187 g/mol. The van der Waals surface area contributed by atoms with Crippen LogP contribution in [0.1, 0.15) is 34.1 Å².